The van der Waals surface area contributed by atoms with E-state index in [2.05, 4.69) is 24.4 Å². The first-order chi connectivity index (χ1) is 9.76. The molecule has 0 radical (unpaired) electrons. The molecule has 1 atom stereocenters. The predicted octanol–water partition coefficient (Wildman–Crippen LogP) is 3.99. The first-order valence-electron chi connectivity index (χ1n) is 7.93. The summed E-state index contributed by atoms with van der Waals surface area (Å²) in [4.78, 5) is 0. The maximum Gasteiger partial charge on any atom is 0.125 e. The minimum atomic E-state index is 0.564. The van der Waals surface area contributed by atoms with E-state index in [1.54, 1.807) is 0 Å². The van der Waals surface area contributed by atoms with Gasteiger partial charge in [-0.2, -0.15) is 0 Å². The van der Waals surface area contributed by atoms with Crippen molar-refractivity contribution in [2.24, 2.45) is 5.92 Å². The van der Waals surface area contributed by atoms with Crippen molar-refractivity contribution in [3.8, 4) is 5.75 Å². The normalized spacial score (nSPS) is 18.7. The van der Waals surface area contributed by atoms with E-state index in [4.69, 9.17) is 16.3 Å². The third-order valence-corrected chi connectivity index (χ3v) is 4.51. The molecule has 1 aromatic rings. The van der Waals surface area contributed by atoms with Crippen molar-refractivity contribution in [1.29, 1.82) is 0 Å². The second kappa shape index (κ2) is 6.36. The van der Waals surface area contributed by atoms with Gasteiger partial charge in [0.2, 0.25) is 0 Å². The van der Waals surface area contributed by atoms with E-state index < -0.39 is 0 Å². The first-order valence-corrected chi connectivity index (χ1v) is 8.31. The molecule has 1 aliphatic heterocycles. The Morgan fingerprint density at radius 2 is 2.25 bits per heavy atom. The molecule has 0 spiro atoms. The number of fused-ring (bicyclic) bond motifs is 1. The van der Waals surface area contributed by atoms with Gasteiger partial charge in [0.15, 0.2) is 0 Å². The number of hydrogen-bond acceptors (Lipinski definition) is 2. The van der Waals surface area contributed by atoms with Crippen LogP contribution in [0.2, 0.25) is 5.02 Å². The van der Waals surface area contributed by atoms with Crippen molar-refractivity contribution in [3.05, 3.63) is 28.3 Å². The van der Waals surface area contributed by atoms with Crippen LogP contribution in [0.5, 0.6) is 5.75 Å². The fraction of sp³-hybridized carbons (Fsp3) is 0.647. The molecule has 1 unspecified atom stereocenters. The molecule has 3 rings (SSSR count). The Labute approximate surface area is 126 Å². The van der Waals surface area contributed by atoms with Gasteiger partial charge in [0.1, 0.15) is 5.75 Å². The molecule has 1 fully saturated rings. The zero-order valence-corrected chi connectivity index (χ0v) is 13.0. The lowest BCUT2D eigenvalue weighted by Gasteiger charge is -2.20. The van der Waals surface area contributed by atoms with Crippen molar-refractivity contribution < 1.29 is 4.74 Å². The highest BCUT2D eigenvalue weighted by atomic mass is 35.5. The summed E-state index contributed by atoms with van der Waals surface area (Å²) in [7, 11) is 0. The third kappa shape index (κ3) is 3.48. The van der Waals surface area contributed by atoms with E-state index in [-0.39, 0.29) is 0 Å². The van der Waals surface area contributed by atoms with Gasteiger partial charge in [-0.05, 0) is 55.0 Å². The van der Waals surface area contributed by atoms with Crippen molar-refractivity contribution in [2.75, 3.05) is 13.2 Å². The van der Waals surface area contributed by atoms with Crippen LogP contribution < -0.4 is 10.1 Å². The SMILES string of the molecule is CCCNC(Cc1cc(Cl)cc2c1OCC2)CC1CC1. The zero-order valence-electron chi connectivity index (χ0n) is 12.3. The van der Waals surface area contributed by atoms with Crippen LogP contribution >= 0.6 is 11.6 Å². The zero-order chi connectivity index (χ0) is 13.9. The average Bonchev–Trinajstić information content (AvgIpc) is 3.11. The van der Waals surface area contributed by atoms with Crippen LogP contribution in [0.15, 0.2) is 12.1 Å². The Kier molecular flexibility index (Phi) is 4.52. The largest absolute Gasteiger partial charge is 0.493 e. The van der Waals surface area contributed by atoms with Crippen LogP contribution in [0.4, 0.5) is 0 Å². The van der Waals surface area contributed by atoms with E-state index in [9.17, 15) is 0 Å². The number of halogens is 1. The lowest BCUT2D eigenvalue weighted by molar-refractivity contribution is 0.350. The van der Waals surface area contributed by atoms with Gasteiger partial charge < -0.3 is 10.1 Å². The number of rotatable bonds is 7. The standard InChI is InChI=1S/C17H24ClNO/c1-2-6-19-16(8-12-3-4-12)11-14-10-15(18)9-13-5-7-20-17(13)14/h9-10,12,16,19H,2-8,11H2,1H3. The molecule has 1 aliphatic carbocycles. The second-order valence-corrected chi connectivity index (χ2v) is 6.62. The van der Waals surface area contributed by atoms with Gasteiger partial charge in [-0.1, -0.05) is 31.4 Å². The second-order valence-electron chi connectivity index (χ2n) is 6.19. The Bertz CT molecular complexity index is 470. The lowest BCUT2D eigenvalue weighted by atomic mass is 9.98. The van der Waals surface area contributed by atoms with E-state index in [0.29, 0.717) is 6.04 Å². The fourth-order valence-corrected chi connectivity index (χ4v) is 3.37. The monoisotopic (exact) mass is 293 g/mol. The van der Waals surface area contributed by atoms with E-state index >= 15 is 0 Å². The van der Waals surface area contributed by atoms with Crippen LogP contribution in [0.1, 0.15) is 43.7 Å². The van der Waals surface area contributed by atoms with Crippen LogP contribution in [-0.4, -0.2) is 19.2 Å². The summed E-state index contributed by atoms with van der Waals surface area (Å²) in [6.07, 6.45) is 7.34. The van der Waals surface area contributed by atoms with E-state index in [1.807, 2.05) is 0 Å². The Balaban J connectivity index is 1.73. The summed E-state index contributed by atoms with van der Waals surface area (Å²) in [5, 5.41) is 4.55. The molecule has 0 bridgehead atoms. The van der Waals surface area contributed by atoms with Gasteiger partial charge in [-0.15, -0.1) is 0 Å². The number of benzene rings is 1. The van der Waals surface area contributed by atoms with Crippen molar-refractivity contribution in [3.63, 3.8) is 0 Å². The Hall–Kier alpha value is -0.730. The first kappa shape index (κ1) is 14.2. The van der Waals surface area contributed by atoms with Crippen molar-refractivity contribution in [2.45, 2.75) is 51.5 Å². The fourth-order valence-electron chi connectivity index (χ4n) is 3.11. The van der Waals surface area contributed by atoms with Crippen LogP contribution in [0.25, 0.3) is 0 Å². The van der Waals surface area contributed by atoms with Crippen molar-refractivity contribution in [1.82, 2.24) is 5.32 Å². The minimum absolute atomic E-state index is 0.564. The molecule has 0 aromatic heterocycles. The topological polar surface area (TPSA) is 21.3 Å². The van der Waals surface area contributed by atoms with E-state index in [1.165, 1.54) is 36.8 Å². The highest BCUT2D eigenvalue weighted by Gasteiger charge is 2.27. The number of ether oxygens (including phenoxy) is 1. The van der Waals surface area contributed by atoms with Crippen LogP contribution in [0.3, 0.4) is 0 Å². The molecule has 3 heteroatoms. The Morgan fingerprint density at radius 1 is 1.40 bits per heavy atom. The van der Waals surface area contributed by atoms with Crippen LogP contribution in [-0.2, 0) is 12.8 Å². The summed E-state index contributed by atoms with van der Waals surface area (Å²) in [6, 6.07) is 4.72. The van der Waals surface area contributed by atoms with Gasteiger partial charge in [0.25, 0.3) is 0 Å². The highest BCUT2D eigenvalue weighted by molar-refractivity contribution is 6.30. The predicted molar refractivity (Wildman–Crippen MR) is 83.8 cm³/mol. The summed E-state index contributed by atoms with van der Waals surface area (Å²) < 4.78 is 5.82. The van der Waals surface area contributed by atoms with Crippen LogP contribution in [0, 0.1) is 5.92 Å². The van der Waals surface area contributed by atoms with Gasteiger partial charge in [0.05, 0.1) is 6.61 Å². The maximum absolute atomic E-state index is 6.26. The summed E-state index contributed by atoms with van der Waals surface area (Å²) in [6.45, 7) is 4.13. The molecule has 0 saturated heterocycles. The lowest BCUT2D eigenvalue weighted by Crippen LogP contribution is -2.32. The van der Waals surface area contributed by atoms with Gasteiger partial charge in [-0.25, -0.2) is 0 Å². The quantitative estimate of drug-likeness (QED) is 0.821. The molecular weight excluding hydrogens is 270 g/mol. The summed E-state index contributed by atoms with van der Waals surface area (Å²) in [5.41, 5.74) is 2.58. The molecule has 1 saturated carbocycles. The molecule has 1 N–H and O–H groups in total. The van der Waals surface area contributed by atoms with Gasteiger partial charge >= 0.3 is 0 Å². The molecule has 110 valence electrons. The summed E-state index contributed by atoms with van der Waals surface area (Å²) >= 11 is 6.26. The smallest absolute Gasteiger partial charge is 0.125 e. The number of nitrogens with one attached hydrogen (secondary N) is 1. The molecule has 1 aromatic carbocycles. The van der Waals surface area contributed by atoms with E-state index in [0.717, 1.165) is 42.7 Å². The highest BCUT2D eigenvalue weighted by Crippen LogP contribution is 2.37. The molecular formula is C17H24ClNO. The molecule has 20 heavy (non-hydrogen) atoms. The van der Waals surface area contributed by atoms with Crippen molar-refractivity contribution >= 4 is 11.6 Å². The molecule has 0 amide bonds. The minimum Gasteiger partial charge on any atom is -0.493 e. The van der Waals surface area contributed by atoms with Gasteiger partial charge in [0, 0.05) is 17.5 Å². The Morgan fingerprint density at radius 3 is 3.00 bits per heavy atom. The molecule has 1 heterocycles. The third-order valence-electron chi connectivity index (χ3n) is 4.29. The van der Waals surface area contributed by atoms with Gasteiger partial charge in [-0.3, -0.25) is 0 Å². The average molecular weight is 294 g/mol. The number of hydrogen-bond donors (Lipinski definition) is 1. The summed E-state index contributed by atoms with van der Waals surface area (Å²) in [5.74, 6) is 2.05. The molecule has 2 nitrogen and oxygen atoms in total. The maximum atomic E-state index is 6.26. The molecule has 2 aliphatic rings.